The van der Waals surface area contributed by atoms with Gasteiger partial charge in [-0.1, -0.05) is 6.92 Å². The number of carbonyl (C=O) groups is 1. The van der Waals surface area contributed by atoms with Crippen LogP contribution in [0.15, 0.2) is 11.1 Å². The van der Waals surface area contributed by atoms with Crippen molar-refractivity contribution in [2.24, 2.45) is 5.73 Å². The van der Waals surface area contributed by atoms with Crippen LogP contribution in [0.5, 0.6) is 0 Å². The molecular weight excluding hydrogens is 146 g/mol. The van der Waals surface area contributed by atoms with Crippen LogP contribution in [0.25, 0.3) is 0 Å². The molecule has 0 heterocycles. The second-order valence-electron chi connectivity index (χ2n) is 1.94. The van der Waals surface area contributed by atoms with Crippen LogP contribution >= 0.6 is 11.8 Å². The highest BCUT2D eigenvalue weighted by Gasteiger charge is 2.01. The maximum absolute atomic E-state index is 10.7. The molecule has 2 N–H and O–H groups in total. The SMILES string of the molecule is CCCS/C(=C\N)C(C)=O. The molecule has 0 atom stereocenters. The van der Waals surface area contributed by atoms with Crippen LogP contribution in [0.1, 0.15) is 20.3 Å². The number of allylic oxidation sites excluding steroid dienone is 1. The molecule has 0 aromatic heterocycles. The van der Waals surface area contributed by atoms with Gasteiger partial charge in [0.2, 0.25) is 0 Å². The average molecular weight is 159 g/mol. The fraction of sp³-hybridized carbons (Fsp3) is 0.571. The third-order valence-electron chi connectivity index (χ3n) is 0.960. The van der Waals surface area contributed by atoms with Crippen LogP contribution in [0.3, 0.4) is 0 Å². The van der Waals surface area contributed by atoms with Crippen LogP contribution in [-0.4, -0.2) is 11.5 Å². The fourth-order valence-electron chi connectivity index (χ4n) is 0.479. The van der Waals surface area contributed by atoms with Gasteiger partial charge in [0.15, 0.2) is 5.78 Å². The molecule has 3 heteroatoms. The lowest BCUT2D eigenvalue weighted by Crippen LogP contribution is -1.96. The van der Waals surface area contributed by atoms with Crippen molar-refractivity contribution in [2.45, 2.75) is 20.3 Å². The van der Waals surface area contributed by atoms with E-state index in [1.54, 1.807) is 0 Å². The minimum Gasteiger partial charge on any atom is -0.404 e. The summed E-state index contributed by atoms with van der Waals surface area (Å²) < 4.78 is 0. The molecule has 0 saturated heterocycles. The van der Waals surface area contributed by atoms with E-state index < -0.39 is 0 Å². The van der Waals surface area contributed by atoms with Gasteiger partial charge in [0.05, 0.1) is 4.91 Å². The summed E-state index contributed by atoms with van der Waals surface area (Å²) in [6.07, 6.45) is 2.44. The quantitative estimate of drug-likeness (QED) is 0.632. The number of nitrogens with two attached hydrogens (primary N) is 1. The first-order valence-electron chi connectivity index (χ1n) is 3.28. The molecule has 0 aliphatic rings. The minimum atomic E-state index is 0.0564. The zero-order valence-electron chi connectivity index (χ0n) is 6.39. The number of hydrogen-bond acceptors (Lipinski definition) is 3. The van der Waals surface area contributed by atoms with E-state index in [1.807, 2.05) is 0 Å². The summed E-state index contributed by atoms with van der Waals surface area (Å²) in [7, 11) is 0. The average Bonchev–Trinajstić information content (AvgIpc) is 1.89. The topological polar surface area (TPSA) is 43.1 Å². The molecule has 0 spiro atoms. The Hall–Kier alpha value is -0.440. The summed E-state index contributed by atoms with van der Waals surface area (Å²) in [6, 6.07) is 0. The summed E-state index contributed by atoms with van der Waals surface area (Å²) in [6.45, 7) is 3.60. The maximum Gasteiger partial charge on any atom is 0.167 e. The molecule has 0 amide bonds. The first-order valence-corrected chi connectivity index (χ1v) is 4.26. The summed E-state index contributed by atoms with van der Waals surface area (Å²) in [5, 5.41) is 0. The minimum absolute atomic E-state index is 0.0564. The molecule has 0 rings (SSSR count). The van der Waals surface area contributed by atoms with E-state index in [2.05, 4.69) is 6.92 Å². The van der Waals surface area contributed by atoms with Gasteiger partial charge in [-0.15, -0.1) is 11.8 Å². The van der Waals surface area contributed by atoms with Crippen molar-refractivity contribution >= 4 is 17.5 Å². The first-order chi connectivity index (χ1) is 4.72. The van der Waals surface area contributed by atoms with Crippen LogP contribution in [0.4, 0.5) is 0 Å². The lowest BCUT2D eigenvalue weighted by molar-refractivity contribution is -0.112. The molecule has 10 heavy (non-hydrogen) atoms. The first kappa shape index (κ1) is 9.56. The third kappa shape index (κ3) is 3.56. The second kappa shape index (κ2) is 5.35. The summed E-state index contributed by atoms with van der Waals surface area (Å²) >= 11 is 1.52. The van der Waals surface area contributed by atoms with E-state index in [4.69, 9.17) is 5.73 Å². The molecule has 58 valence electrons. The molecule has 0 aliphatic heterocycles. The van der Waals surface area contributed by atoms with Crippen molar-refractivity contribution < 1.29 is 4.79 Å². The lowest BCUT2D eigenvalue weighted by Gasteiger charge is -1.98. The summed E-state index contributed by atoms with van der Waals surface area (Å²) in [5.74, 6) is 1.02. The normalized spacial score (nSPS) is 11.6. The van der Waals surface area contributed by atoms with Gasteiger partial charge in [0, 0.05) is 6.20 Å². The smallest absolute Gasteiger partial charge is 0.167 e. The van der Waals surface area contributed by atoms with Crippen molar-refractivity contribution in [3.63, 3.8) is 0 Å². The predicted molar refractivity (Wildman–Crippen MR) is 45.7 cm³/mol. The van der Waals surface area contributed by atoms with Crippen molar-refractivity contribution in [3.8, 4) is 0 Å². The second-order valence-corrected chi connectivity index (χ2v) is 3.07. The highest BCUT2D eigenvalue weighted by molar-refractivity contribution is 8.03. The lowest BCUT2D eigenvalue weighted by atomic mass is 10.4. The van der Waals surface area contributed by atoms with Crippen LogP contribution in [0.2, 0.25) is 0 Å². The van der Waals surface area contributed by atoms with Crippen LogP contribution < -0.4 is 5.73 Å². The Kier molecular flexibility index (Phi) is 5.12. The van der Waals surface area contributed by atoms with Crippen molar-refractivity contribution in [3.05, 3.63) is 11.1 Å². The van der Waals surface area contributed by atoms with E-state index >= 15 is 0 Å². The standard InChI is InChI=1S/C7H13NOS/c1-3-4-10-7(5-8)6(2)9/h5H,3-4,8H2,1-2H3/b7-5-. The Balaban J connectivity index is 3.74. The maximum atomic E-state index is 10.7. The molecule has 0 aliphatic carbocycles. The molecular formula is C7H13NOS. The Morgan fingerprint density at radius 1 is 1.70 bits per heavy atom. The number of ketones is 1. The van der Waals surface area contributed by atoms with Gasteiger partial charge >= 0.3 is 0 Å². The summed E-state index contributed by atoms with van der Waals surface area (Å²) in [5.41, 5.74) is 5.21. The number of hydrogen-bond donors (Lipinski definition) is 1. The highest BCUT2D eigenvalue weighted by atomic mass is 32.2. The molecule has 0 aromatic rings. The van der Waals surface area contributed by atoms with Gasteiger partial charge in [0.25, 0.3) is 0 Å². The zero-order valence-corrected chi connectivity index (χ0v) is 7.20. The Morgan fingerprint density at radius 3 is 2.60 bits per heavy atom. The molecule has 0 unspecified atom stereocenters. The predicted octanol–water partition coefficient (Wildman–Crippen LogP) is 1.52. The van der Waals surface area contributed by atoms with Crippen molar-refractivity contribution in [2.75, 3.05) is 5.75 Å². The number of thioether (sulfide) groups is 1. The van der Waals surface area contributed by atoms with Crippen LogP contribution in [-0.2, 0) is 4.79 Å². The number of Topliss-reactive ketones (excluding diaryl/α,β-unsaturated/α-hetero) is 1. The van der Waals surface area contributed by atoms with Gasteiger partial charge in [0.1, 0.15) is 0 Å². The molecule has 0 aromatic carbocycles. The highest BCUT2D eigenvalue weighted by Crippen LogP contribution is 2.15. The molecule has 0 fully saturated rings. The monoisotopic (exact) mass is 159 g/mol. The van der Waals surface area contributed by atoms with Crippen LogP contribution in [0, 0.1) is 0 Å². The largest absolute Gasteiger partial charge is 0.404 e. The van der Waals surface area contributed by atoms with Gasteiger partial charge in [-0.2, -0.15) is 0 Å². The van der Waals surface area contributed by atoms with Gasteiger partial charge in [-0.25, -0.2) is 0 Å². The molecule has 0 radical (unpaired) electrons. The van der Waals surface area contributed by atoms with Gasteiger partial charge < -0.3 is 5.73 Å². The fourth-order valence-corrected chi connectivity index (χ4v) is 1.20. The van der Waals surface area contributed by atoms with Gasteiger partial charge in [-0.05, 0) is 19.1 Å². The van der Waals surface area contributed by atoms with E-state index in [0.717, 1.165) is 12.2 Å². The van der Waals surface area contributed by atoms with Crippen molar-refractivity contribution in [1.29, 1.82) is 0 Å². The van der Waals surface area contributed by atoms with E-state index in [-0.39, 0.29) is 5.78 Å². The number of carbonyl (C=O) groups excluding carboxylic acids is 1. The molecule has 2 nitrogen and oxygen atoms in total. The van der Waals surface area contributed by atoms with Crippen molar-refractivity contribution in [1.82, 2.24) is 0 Å². The molecule has 0 bridgehead atoms. The molecule has 0 saturated carbocycles. The van der Waals surface area contributed by atoms with E-state index in [1.165, 1.54) is 24.9 Å². The van der Waals surface area contributed by atoms with E-state index in [9.17, 15) is 4.79 Å². The van der Waals surface area contributed by atoms with Gasteiger partial charge in [-0.3, -0.25) is 4.79 Å². The Labute approximate surface area is 65.9 Å². The van der Waals surface area contributed by atoms with E-state index in [0.29, 0.717) is 4.91 Å². The Morgan fingerprint density at radius 2 is 2.30 bits per heavy atom. The zero-order chi connectivity index (χ0) is 7.98. The number of rotatable bonds is 4. The summed E-state index contributed by atoms with van der Waals surface area (Å²) in [4.78, 5) is 11.4. The Bertz CT molecular complexity index is 143. The third-order valence-corrected chi connectivity index (χ3v) is 2.31.